The summed E-state index contributed by atoms with van der Waals surface area (Å²) in [6.07, 6.45) is 1.41. The topological polar surface area (TPSA) is 93.4 Å². The smallest absolute Gasteiger partial charge is 0.244 e. The minimum absolute atomic E-state index is 0.352. The minimum Gasteiger partial charge on any atom is -0.333 e. The van der Waals surface area contributed by atoms with Crippen molar-refractivity contribution in [3.05, 3.63) is 6.20 Å². The molecule has 7 heteroatoms. The highest BCUT2D eigenvalue weighted by Gasteiger charge is 2.05. The van der Waals surface area contributed by atoms with E-state index in [1.54, 1.807) is 0 Å². The van der Waals surface area contributed by atoms with Crippen LogP contribution < -0.4 is 0 Å². The molecular formula is C3H2N6O. The number of hydrogen-bond donors (Lipinski definition) is 1. The molecule has 0 fully saturated rings. The molecule has 2 aromatic rings. The first-order valence-corrected chi connectivity index (χ1v) is 2.48. The van der Waals surface area contributed by atoms with Gasteiger partial charge in [0.2, 0.25) is 11.6 Å². The largest absolute Gasteiger partial charge is 0.333 e. The number of H-pyrrole nitrogens is 1. The summed E-state index contributed by atoms with van der Waals surface area (Å²) in [5.41, 5.74) is 0. The average Bonchev–Trinajstić information content (AvgIpc) is 2.59. The highest BCUT2D eigenvalue weighted by atomic mass is 16.5. The van der Waals surface area contributed by atoms with Crippen LogP contribution in [-0.2, 0) is 0 Å². The van der Waals surface area contributed by atoms with Crippen LogP contribution in [0.1, 0.15) is 0 Å². The number of rotatable bonds is 1. The Balaban J connectivity index is 2.48. The molecule has 0 amide bonds. The molecule has 0 unspecified atom stereocenters. The molecule has 0 saturated heterocycles. The van der Waals surface area contributed by atoms with Crippen LogP contribution in [0.15, 0.2) is 10.7 Å². The maximum Gasteiger partial charge on any atom is 0.244 e. The van der Waals surface area contributed by atoms with Gasteiger partial charge in [-0.15, -0.1) is 15.3 Å². The number of nitrogens with one attached hydrogen (secondary N) is 1. The lowest BCUT2D eigenvalue weighted by Gasteiger charge is -1.75. The van der Waals surface area contributed by atoms with Crippen LogP contribution in [0.3, 0.4) is 0 Å². The molecule has 0 bridgehead atoms. The molecule has 0 aromatic carbocycles. The zero-order valence-corrected chi connectivity index (χ0v) is 4.72. The number of tetrazole rings is 1. The third-order valence-electron chi connectivity index (χ3n) is 0.927. The molecule has 10 heavy (non-hydrogen) atoms. The predicted octanol–water partition coefficient (Wildman–Crippen LogP) is -0.750. The van der Waals surface area contributed by atoms with Gasteiger partial charge in [-0.2, -0.15) is 5.21 Å². The Bertz CT molecular complexity index is 252. The van der Waals surface area contributed by atoms with E-state index in [4.69, 9.17) is 0 Å². The molecule has 2 heterocycles. The third-order valence-corrected chi connectivity index (χ3v) is 0.927. The molecule has 7 nitrogen and oxygen atoms in total. The van der Waals surface area contributed by atoms with Crippen LogP contribution >= 0.6 is 0 Å². The van der Waals surface area contributed by atoms with Crippen molar-refractivity contribution in [3.63, 3.8) is 0 Å². The van der Waals surface area contributed by atoms with E-state index >= 15 is 0 Å². The van der Waals surface area contributed by atoms with Crippen LogP contribution in [0.4, 0.5) is 0 Å². The first kappa shape index (κ1) is 5.03. The highest BCUT2D eigenvalue weighted by Crippen LogP contribution is 2.07. The summed E-state index contributed by atoms with van der Waals surface area (Å²) in [6, 6.07) is 0. The van der Waals surface area contributed by atoms with Gasteiger partial charge in [-0.1, -0.05) is 0 Å². The van der Waals surface area contributed by atoms with Crippen LogP contribution in [0, 0.1) is 0 Å². The van der Waals surface area contributed by atoms with Crippen molar-refractivity contribution < 1.29 is 4.52 Å². The van der Waals surface area contributed by atoms with Crippen molar-refractivity contribution in [2.75, 3.05) is 0 Å². The monoisotopic (exact) mass is 138 g/mol. The molecule has 2 rings (SSSR count). The van der Waals surface area contributed by atoms with Crippen molar-refractivity contribution in [1.29, 1.82) is 0 Å². The van der Waals surface area contributed by atoms with Gasteiger partial charge in [0.15, 0.2) is 0 Å². The lowest BCUT2D eigenvalue weighted by Crippen LogP contribution is -1.75. The zero-order valence-electron chi connectivity index (χ0n) is 4.72. The molecule has 0 saturated carbocycles. The van der Waals surface area contributed by atoms with E-state index in [1.165, 1.54) is 6.20 Å². The van der Waals surface area contributed by atoms with Gasteiger partial charge in [0.25, 0.3) is 0 Å². The molecule has 2 aromatic heterocycles. The van der Waals surface area contributed by atoms with Gasteiger partial charge >= 0.3 is 0 Å². The Morgan fingerprint density at radius 3 is 3.10 bits per heavy atom. The van der Waals surface area contributed by atoms with Gasteiger partial charge < -0.3 is 4.52 Å². The molecule has 1 N–H and O–H groups in total. The molecule has 0 atom stereocenters. The van der Waals surface area contributed by atoms with E-state index in [0.717, 1.165) is 0 Å². The SMILES string of the molecule is c1nnoc1-c1nn[nH]n1. The molecule has 0 aliphatic rings. The predicted molar refractivity (Wildman–Crippen MR) is 27.5 cm³/mol. The highest BCUT2D eigenvalue weighted by molar-refractivity contribution is 5.40. The Morgan fingerprint density at radius 1 is 1.50 bits per heavy atom. The van der Waals surface area contributed by atoms with Crippen LogP contribution in [0.25, 0.3) is 11.6 Å². The maximum absolute atomic E-state index is 4.63. The summed E-state index contributed by atoms with van der Waals surface area (Å²) in [5, 5.41) is 19.5. The molecular weight excluding hydrogens is 136 g/mol. The molecule has 50 valence electrons. The Morgan fingerprint density at radius 2 is 2.50 bits per heavy atom. The van der Waals surface area contributed by atoms with Gasteiger partial charge in [0, 0.05) is 5.27 Å². The third kappa shape index (κ3) is 0.642. The molecule has 0 radical (unpaired) electrons. The first-order chi connectivity index (χ1) is 4.97. The quantitative estimate of drug-likeness (QED) is 0.557. The van der Waals surface area contributed by atoms with Crippen molar-refractivity contribution in [2.24, 2.45) is 0 Å². The van der Waals surface area contributed by atoms with Crippen LogP contribution in [0.5, 0.6) is 0 Å². The van der Waals surface area contributed by atoms with Crippen molar-refractivity contribution in [3.8, 4) is 11.6 Å². The van der Waals surface area contributed by atoms with E-state index in [1.807, 2.05) is 0 Å². The van der Waals surface area contributed by atoms with E-state index in [-0.39, 0.29) is 0 Å². The maximum atomic E-state index is 4.63. The second-order valence-corrected chi connectivity index (χ2v) is 1.52. The number of nitrogens with zero attached hydrogens (tertiary/aromatic N) is 5. The minimum atomic E-state index is 0.352. The summed E-state index contributed by atoms with van der Waals surface area (Å²) in [7, 11) is 0. The normalized spacial score (nSPS) is 10.0. The van der Waals surface area contributed by atoms with E-state index < -0.39 is 0 Å². The Hall–Kier alpha value is -1.79. The van der Waals surface area contributed by atoms with Crippen molar-refractivity contribution in [1.82, 2.24) is 31.0 Å². The molecule has 0 aliphatic carbocycles. The van der Waals surface area contributed by atoms with Crippen molar-refractivity contribution >= 4 is 0 Å². The van der Waals surface area contributed by atoms with Gasteiger partial charge in [0.05, 0.1) is 0 Å². The second-order valence-electron chi connectivity index (χ2n) is 1.52. The number of aromatic nitrogens is 6. The standard InChI is InChI=1S/C3H2N6O/c1-2(10-9-4-1)3-5-7-8-6-3/h1H,(H,5,6,7,8). The molecule has 0 aliphatic heterocycles. The van der Waals surface area contributed by atoms with Crippen LogP contribution in [0.2, 0.25) is 0 Å². The summed E-state index contributed by atoms with van der Waals surface area (Å²) in [4.78, 5) is 0. The van der Waals surface area contributed by atoms with E-state index in [2.05, 4.69) is 35.5 Å². The number of hydrogen-bond acceptors (Lipinski definition) is 6. The van der Waals surface area contributed by atoms with Gasteiger partial charge in [-0.3, -0.25) is 0 Å². The summed E-state index contributed by atoms with van der Waals surface area (Å²) >= 11 is 0. The van der Waals surface area contributed by atoms with Gasteiger partial charge in [-0.25, -0.2) is 0 Å². The summed E-state index contributed by atoms with van der Waals surface area (Å²) in [6.45, 7) is 0. The summed E-state index contributed by atoms with van der Waals surface area (Å²) in [5.74, 6) is 0.749. The lowest BCUT2D eigenvalue weighted by atomic mass is 10.5. The fourth-order valence-electron chi connectivity index (χ4n) is 0.532. The van der Waals surface area contributed by atoms with Crippen molar-refractivity contribution in [2.45, 2.75) is 0 Å². The van der Waals surface area contributed by atoms with E-state index in [9.17, 15) is 0 Å². The zero-order chi connectivity index (χ0) is 6.81. The fraction of sp³-hybridized carbons (Fsp3) is 0. The fourth-order valence-corrected chi connectivity index (χ4v) is 0.532. The number of aromatic amines is 1. The molecule has 0 spiro atoms. The summed E-state index contributed by atoms with van der Waals surface area (Å²) < 4.78 is 4.63. The van der Waals surface area contributed by atoms with Gasteiger partial charge in [0.1, 0.15) is 6.20 Å². The Kier molecular flexibility index (Phi) is 0.938. The Labute approximate surface area is 54.4 Å². The average molecular weight is 138 g/mol. The van der Waals surface area contributed by atoms with Gasteiger partial charge in [-0.05, 0) is 5.21 Å². The first-order valence-electron chi connectivity index (χ1n) is 2.48. The van der Waals surface area contributed by atoms with E-state index in [0.29, 0.717) is 11.6 Å². The lowest BCUT2D eigenvalue weighted by molar-refractivity contribution is 0.401. The van der Waals surface area contributed by atoms with Crippen LogP contribution in [-0.4, -0.2) is 31.0 Å². The second kappa shape index (κ2) is 1.87.